The first kappa shape index (κ1) is 18.4. The highest BCUT2D eigenvalue weighted by Gasteiger charge is 2.30. The van der Waals surface area contributed by atoms with E-state index in [0.29, 0.717) is 38.6 Å². The molecule has 0 saturated carbocycles. The topological polar surface area (TPSA) is 78.5 Å². The molecule has 0 radical (unpaired) electrons. The largest absolute Gasteiger partial charge is 0.448 e. The van der Waals surface area contributed by atoms with Crippen LogP contribution in [0.15, 0.2) is 65.5 Å². The number of hydrogen-bond donors (Lipinski definition) is 1. The zero-order valence-corrected chi connectivity index (χ0v) is 16.5. The molecule has 1 aromatic heterocycles. The fourth-order valence-corrected chi connectivity index (χ4v) is 4.32. The summed E-state index contributed by atoms with van der Waals surface area (Å²) in [5.74, 6) is 0.773. The lowest BCUT2D eigenvalue weighted by Crippen LogP contribution is -2.49. The maximum absolute atomic E-state index is 12.7. The van der Waals surface area contributed by atoms with E-state index in [-0.39, 0.29) is 17.6 Å². The number of ether oxygens (including phenoxy) is 1. The molecule has 0 unspecified atom stereocenters. The smallest absolute Gasteiger partial charge is 0.409 e. The average Bonchev–Trinajstić information content (AvgIpc) is 3.12. The second-order valence-corrected chi connectivity index (χ2v) is 7.56. The van der Waals surface area contributed by atoms with Crippen LogP contribution in [-0.4, -0.2) is 54.0 Å². The van der Waals surface area contributed by atoms with Crippen molar-refractivity contribution in [1.29, 1.82) is 0 Å². The molecule has 7 heteroatoms. The first-order chi connectivity index (χ1) is 14.7. The highest BCUT2D eigenvalue weighted by molar-refractivity contribution is 5.79. The molecule has 5 rings (SSSR count). The van der Waals surface area contributed by atoms with Crippen LogP contribution in [0, 0.1) is 0 Å². The second kappa shape index (κ2) is 7.67. The van der Waals surface area contributed by atoms with E-state index in [0.717, 1.165) is 0 Å². The average molecular weight is 402 g/mol. The summed E-state index contributed by atoms with van der Waals surface area (Å²) in [6.07, 6.45) is -0.286. The molecule has 1 aliphatic carbocycles. The molecule has 3 aromatic rings. The Morgan fingerprint density at radius 1 is 0.933 bits per heavy atom. The predicted octanol–water partition coefficient (Wildman–Crippen LogP) is 2.84. The summed E-state index contributed by atoms with van der Waals surface area (Å²) in [5, 5.41) is 6.50. The van der Waals surface area contributed by atoms with Gasteiger partial charge in [0, 0.05) is 38.2 Å². The molecular formula is C23H22N4O3. The van der Waals surface area contributed by atoms with Crippen molar-refractivity contribution in [2.75, 3.05) is 37.7 Å². The summed E-state index contributed by atoms with van der Waals surface area (Å²) in [5.41, 5.74) is 4.63. The number of H-pyrrole nitrogens is 1. The van der Waals surface area contributed by atoms with Gasteiger partial charge in [-0.05, 0) is 28.3 Å². The third-order valence-corrected chi connectivity index (χ3v) is 5.86. The van der Waals surface area contributed by atoms with E-state index in [1.807, 2.05) is 29.2 Å². The predicted molar refractivity (Wildman–Crippen MR) is 114 cm³/mol. The van der Waals surface area contributed by atoms with Gasteiger partial charge in [-0.2, -0.15) is 5.10 Å². The lowest BCUT2D eigenvalue weighted by Gasteiger charge is -2.34. The number of aromatic amines is 1. The lowest BCUT2D eigenvalue weighted by atomic mass is 9.98. The Kier molecular flexibility index (Phi) is 4.71. The Morgan fingerprint density at radius 2 is 1.57 bits per heavy atom. The number of hydrogen-bond acceptors (Lipinski definition) is 5. The van der Waals surface area contributed by atoms with Gasteiger partial charge in [-0.15, -0.1) is 0 Å². The fourth-order valence-electron chi connectivity index (χ4n) is 4.32. The van der Waals surface area contributed by atoms with E-state index in [9.17, 15) is 9.59 Å². The Labute approximate surface area is 173 Å². The number of nitrogens with one attached hydrogen (secondary N) is 1. The third kappa shape index (κ3) is 3.32. The highest BCUT2D eigenvalue weighted by Crippen LogP contribution is 2.44. The van der Waals surface area contributed by atoms with Crippen molar-refractivity contribution in [3.8, 4) is 11.1 Å². The molecule has 7 nitrogen and oxygen atoms in total. The molecule has 2 aliphatic rings. The van der Waals surface area contributed by atoms with Crippen molar-refractivity contribution in [3.63, 3.8) is 0 Å². The van der Waals surface area contributed by atoms with Crippen molar-refractivity contribution < 1.29 is 9.53 Å². The van der Waals surface area contributed by atoms with Crippen molar-refractivity contribution >= 4 is 11.9 Å². The minimum Gasteiger partial charge on any atom is -0.448 e. The van der Waals surface area contributed by atoms with Gasteiger partial charge in [0.05, 0.1) is 0 Å². The van der Waals surface area contributed by atoms with Gasteiger partial charge in [-0.25, -0.2) is 9.89 Å². The standard InChI is InChI=1S/C23H22N4O3/c28-22-10-9-21(24-25-22)26-11-13-27(14-12-26)23(29)30-15-20-18-7-3-1-5-16(18)17-6-2-4-8-19(17)20/h1-10,20H,11-15H2,(H,25,28). The van der Waals surface area contributed by atoms with Crippen LogP contribution in [0.3, 0.4) is 0 Å². The molecule has 2 heterocycles. The molecule has 1 aliphatic heterocycles. The van der Waals surface area contributed by atoms with Gasteiger partial charge >= 0.3 is 6.09 Å². The molecule has 152 valence electrons. The molecular weight excluding hydrogens is 380 g/mol. The van der Waals surface area contributed by atoms with Gasteiger partial charge < -0.3 is 14.5 Å². The molecule has 0 bridgehead atoms. The van der Waals surface area contributed by atoms with E-state index in [4.69, 9.17) is 4.74 Å². The number of fused-ring (bicyclic) bond motifs is 3. The third-order valence-electron chi connectivity index (χ3n) is 5.86. The first-order valence-electron chi connectivity index (χ1n) is 10.1. The molecule has 1 N–H and O–H groups in total. The van der Waals surface area contributed by atoms with Gasteiger partial charge in [0.15, 0.2) is 0 Å². The Hall–Kier alpha value is -3.61. The number of anilines is 1. The van der Waals surface area contributed by atoms with Crippen LogP contribution in [0.25, 0.3) is 11.1 Å². The SMILES string of the molecule is O=C(OCC1c2ccccc2-c2ccccc21)N1CCN(c2ccc(=O)[nH]n2)CC1. The van der Waals surface area contributed by atoms with Gasteiger partial charge in [0.1, 0.15) is 12.4 Å². The first-order valence-corrected chi connectivity index (χ1v) is 10.1. The Balaban J connectivity index is 1.22. The number of amides is 1. The summed E-state index contributed by atoms with van der Waals surface area (Å²) in [7, 11) is 0. The summed E-state index contributed by atoms with van der Waals surface area (Å²) in [6.45, 7) is 2.72. The van der Waals surface area contributed by atoms with Gasteiger partial charge in [0.2, 0.25) is 0 Å². The van der Waals surface area contributed by atoms with E-state index in [2.05, 4.69) is 34.5 Å². The maximum atomic E-state index is 12.7. The Morgan fingerprint density at radius 3 is 2.17 bits per heavy atom. The molecule has 0 atom stereocenters. The zero-order chi connectivity index (χ0) is 20.5. The minimum absolute atomic E-state index is 0.0629. The lowest BCUT2D eigenvalue weighted by molar-refractivity contribution is 0.0976. The van der Waals surface area contributed by atoms with Crippen LogP contribution in [0.4, 0.5) is 10.6 Å². The molecule has 1 fully saturated rings. The van der Waals surface area contributed by atoms with Crippen molar-refractivity contribution in [1.82, 2.24) is 15.1 Å². The fraction of sp³-hybridized carbons (Fsp3) is 0.261. The van der Waals surface area contributed by atoms with E-state index in [1.54, 1.807) is 11.0 Å². The minimum atomic E-state index is -0.286. The zero-order valence-electron chi connectivity index (χ0n) is 16.5. The summed E-state index contributed by atoms with van der Waals surface area (Å²) < 4.78 is 5.74. The van der Waals surface area contributed by atoms with Crippen LogP contribution in [-0.2, 0) is 4.74 Å². The number of rotatable bonds is 3. The molecule has 30 heavy (non-hydrogen) atoms. The Bertz CT molecular complexity index is 1070. The van der Waals surface area contributed by atoms with Gasteiger partial charge in [0.25, 0.3) is 5.56 Å². The monoisotopic (exact) mass is 402 g/mol. The number of benzene rings is 2. The maximum Gasteiger partial charge on any atom is 0.409 e. The van der Waals surface area contributed by atoms with Crippen LogP contribution < -0.4 is 10.5 Å². The number of carbonyl (C=O) groups is 1. The number of carbonyl (C=O) groups excluding carboxylic acids is 1. The summed E-state index contributed by atoms with van der Waals surface area (Å²) in [6, 6.07) is 19.8. The molecule has 1 saturated heterocycles. The van der Waals surface area contributed by atoms with Crippen LogP contribution in [0.5, 0.6) is 0 Å². The van der Waals surface area contributed by atoms with E-state index in [1.165, 1.54) is 28.3 Å². The summed E-state index contributed by atoms with van der Waals surface area (Å²) >= 11 is 0. The van der Waals surface area contributed by atoms with Crippen LogP contribution >= 0.6 is 0 Å². The number of piperazine rings is 1. The normalized spacial score (nSPS) is 15.6. The second-order valence-electron chi connectivity index (χ2n) is 7.56. The van der Waals surface area contributed by atoms with Crippen LogP contribution in [0.2, 0.25) is 0 Å². The van der Waals surface area contributed by atoms with Crippen molar-refractivity contribution in [2.24, 2.45) is 0 Å². The molecule has 0 spiro atoms. The number of aromatic nitrogens is 2. The van der Waals surface area contributed by atoms with Gasteiger partial charge in [-0.3, -0.25) is 4.79 Å². The van der Waals surface area contributed by atoms with E-state index >= 15 is 0 Å². The molecule has 1 amide bonds. The van der Waals surface area contributed by atoms with Crippen LogP contribution in [0.1, 0.15) is 17.0 Å². The highest BCUT2D eigenvalue weighted by atomic mass is 16.6. The quantitative estimate of drug-likeness (QED) is 0.729. The number of nitrogens with zero attached hydrogens (tertiary/aromatic N) is 3. The summed E-state index contributed by atoms with van der Waals surface area (Å²) in [4.78, 5) is 27.6. The van der Waals surface area contributed by atoms with Crippen molar-refractivity contribution in [3.05, 3.63) is 82.1 Å². The molecule has 2 aromatic carbocycles. The van der Waals surface area contributed by atoms with Crippen molar-refractivity contribution in [2.45, 2.75) is 5.92 Å². The van der Waals surface area contributed by atoms with Gasteiger partial charge in [-0.1, -0.05) is 48.5 Å². The van der Waals surface area contributed by atoms with E-state index < -0.39 is 0 Å².